The fourth-order valence-corrected chi connectivity index (χ4v) is 3.38. The Labute approximate surface area is 148 Å². The molecule has 0 bridgehead atoms. The largest absolute Gasteiger partial charge is 0.360 e. The van der Waals surface area contributed by atoms with Gasteiger partial charge in [0.25, 0.3) is 5.91 Å². The number of anilines is 2. The molecule has 1 aliphatic rings. The molecule has 1 heterocycles. The molecule has 1 N–H and O–H groups in total. The van der Waals surface area contributed by atoms with Crippen molar-refractivity contribution in [2.24, 2.45) is 0 Å². The number of halogens is 1. The first kappa shape index (κ1) is 17.4. The van der Waals surface area contributed by atoms with Gasteiger partial charge in [0.15, 0.2) is 6.04 Å². The van der Waals surface area contributed by atoms with Crippen LogP contribution in [0.15, 0.2) is 54.6 Å². The summed E-state index contributed by atoms with van der Waals surface area (Å²) in [6.45, 7) is 5.53. The third-order valence-corrected chi connectivity index (χ3v) is 5.05. The minimum absolute atomic E-state index is 0.0828. The molecule has 1 aliphatic heterocycles. The normalized spacial score (nSPS) is 16.5. The first-order valence-electron chi connectivity index (χ1n) is 8.74. The molecule has 0 unspecified atom stereocenters. The van der Waals surface area contributed by atoms with Gasteiger partial charge in [-0.1, -0.05) is 18.2 Å². The fraction of sp³-hybridized carbons (Fsp3) is 0.350. The van der Waals surface area contributed by atoms with Crippen LogP contribution in [0.4, 0.5) is 15.8 Å². The number of likely N-dealkylation sites (N-methyl/N-ethyl adjacent to an activating group) is 1. The lowest BCUT2D eigenvalue weighted by atomic mass is 10.1. The molecule has 5 heteroatoms. The van der Waals surface area contributed by atoms with E-state index >= 15 is 0 Å². The molecule has 1 amide bonds. The van der Waals surface area contributed by atoms with Crippen molar-refractivity contribution in [2.45, 2.75) is 13.0 Å². The number of hydrogen-bond donors (Lipinski definition) is 1. The number of amides is 1. The molecule has 0 saturated carbocycles. The summed E-state index contributed by atoms with van der Waals surface area (Å²) < 4.78 is 13.1. The Balaban J connectivity index is 1.58. The van der Waals surface area contributed by atoms with Crippen molar-refractivity contribution >= 4 is 17.3 Å². The number of para-hydroxylation sites is 1. The summed E-state index contributed by atoms with van der Waals surface area (Å²) in [7, 11) is 1.84. The van der Waals surface area contributed by atoms with Gasteiger partial charge in [0, 0.05) is 18.4 Å². The van der Waals surface area contributed by atoms with Gasteiger partial charge in [0.2, 0.25) is 0 Å². The van der Waals surface area contributed by atoms with E-state index < -0.39 is 0 Å². The molecule has 0 aliphatic carbocycles. The molecule has 1 fully saturated rings. The van der Waals surface area contributed by atoms with E-state index in [2.05, 4.69) is 4.90 Å². The third kappa shape index (κ3) is 3.99. The van der Waals surface area contributed by atoms with Crippen molar-refractivity contribution in [3.63, 3.8) is 0 Å². The quantitative estimate of drug-likeness (QED) is 0.914. The topological polar surface area (TPSA) is 28.0 Å². The molecule has 0 radical (unpaired) electrons. The van der Waals surface area contributed by atoms with Gasteiger partial charge in [-0.05, 0) is 43.3 Å². The summed E-state index contributed by atoms with van der Waals surface area (Å²) in [6.07, 6.45) is 0. The molecule has 1 atom stereocenters. The number of benzene rings is 2. The second kappa shape index (κ2) is 7.66. The van der Waals surface area contributed by atoms with E-state index in [0.717, 1.165) is 37.6 Å². The van der Waals surface area contributed by atoms with E-state index in [4.69, 9.17) is 0 Å². The molecule has 25 heavy (non-hydrogen) atoms. The van der Waals surface area contributed by atoms with Crippen LogP contribution in [0.3, 0.4) is 0 Å². The van der Waals surface area contributed by atoms with E-state index in [1.165, 1.54) is 17.0 Å². The monoisotopic (exact) mass is 342 g/mol. The highest BCUT2D eigenvalue weighted by atomic mass is 19.1. The Bertz CT molecular complexity index is 697. The van der Waals surface area contributed by atoms with Gasteiger partial charge in [-0.15, -0.1) is 0 Å². The SMILES string of the molecule is C[C@@H](C(=O)N(C)c1ccccc1)[NH+]1CCN(c2ccc(F)cc2)CC1. The number of nitrogens with zero attached hydrogens (tertiary/aromatic N) is 2. The van der Waals surface area contributed by atoms with Crippen LogP contribution >= 0.6 is 0 Å². The maximum absolute atomic E-state index is 13.1. The second-order valence-electron chi connectivity index (χ2n) is 6.58. The standard InChI is InChI=1S/C20H24FN3O/c1-16(20(25)22(2)18-6-4-3-5-7-18)23-12-14-24(15-13-23)19-10-8-17(21)9-11-19/h3-11,16H,12-15H2,1-2H3/p+1/t16-/m0/s1. The second-order valence-corrected chi connectivity index (χ2v) is 6.58. The number of piperazine rings is 1. The van der Waals surface area contributed by atoms with Crippen LogP contribution in [0.1, 0.15) is 6.92 Å². The summed E-state index contributed by atoms with van der Waals surface area (Å²) in [5.74, 6) is -0.0763. The van der Waals surface area contributed by atoms with Crippen LogP contribution in [0.5, 0.6) is 0 Å². The van der Waals surface area contributed by atoms with Crippen LogP contribution in [0.25, 0.3) is 0 Å². The van der Waals surface area contributed by atoms with E-state index in [9.17, 15) is 9.18 Å². The first-order chi connectivity index (χ1) is 12.1. The van der Waals surface area contributed by atoms with Gasteiger partial charge in [-0.2, -0.15) is 0 Å². The maximum atomic E-state index is 13.1. The number of hydrogen-bond acceptors (Lipinski definition) is 2. The number of rotatable bonds is 4. The van der Waals surface area contributed by atoms with Crippen molar-refractivity contribution < 1.29 is 14.1 Å². The molecule has 3 rings (SSSR count). The lowest BCUT2D eigenvalue weighted by molar-refractivity contribution is -0.914. The zero-order valence-corrected chi connectivity index (χ0v) is 14.8. The predicted molar refractivity (Wildman–Crippen MR) is 98.6 cm³/mol. The van der Waals surface area contributed by atoms with Gasteiger partial charge in [-0.3, -0.25) is 4.79 Å². The molecule has 4 nitrogen and oxygen atoms in total. The Kier molecular flexibility index (Phi) is 5.34. The molecule has 1 saturated heterocycles. The zero-order chi connectivity index (χ0) is 17.8. The lowest BCUT2D eigenvalue weighted by Gasteiger charge is -2.37. The molecule has 132 valence electrons. The minimum Gasteiger partial charge on any atom is -0.360 e. The van der Waals surface area contributed by atoms with Crippen molar-refractivity contribution in [2.75, 3.05) is 43.0 Å². The number of quaternary nitrogens is 1. The summed E-state index contributed by atoms with van der Waals surface area (Å²) in [6, 6.07) is 16.3. The van der Waals surface area contributed by atoms with Gasteiger partial charge >= 0.3 is 0 Å². The van der Waals surface area contributed by atoms with Gasteiger partial charge in [0.1, 0.15) is 5.82 Å². The van der Waals surface area contributed by atoms with Gasteiger partial charge in [-0.25, -0.2) is 4.39 Å². The highest BCUT2D eigenvalue weighted by Gasteiger charge is 2.31. The van der Waals surface area contributed by atoms with E-state index in [1.807, 2.05) is 56.4 Å². The molecule has 0 aromatic heterocycles. The molecule has 0 spiro atoms. The van der Waals surface area contributed by atoms with E-state index in [0.29, 0.717) is 0 Å². The third-order valence-electron chi connectivity index (χ3n) is 5.05. The van der Waals surface area contributed by atoms with Crippen LogP contribution in [0, 0.1) is 5.82 Å². The van der Waals surface area contributed by atoms with E-state index in [1.54, 1.807) is 4.90 Å². The summed E-state index contributed by atoms with van der Waals surface area (Å²) in [5, 5.41) is 0. The highest BCUT2D eigenvalue weighted by Crippen LogP contribution is 2.15. The van der Waals surface area contributed by atoms with E-state index in [-0.39, 0.29) is 17.8 Å². The highest BCUT2D eigenvalue weighted by molar-refractivity contribution is 5.95. The zero-order valence-electron chi connectivity index (χ0n) is 14.8. The Hall–Kier alpha value is -2.40. The fourth-order valence-electron chi connectivity index (χ4n) is 3.38. The van der Waals surface area contributed by atoms with Gasteiger partial charge < -0.3 is 14.7 Å². The lowest BCUT2D eigenvalue weighted by Crippen LogP contribution is -3.19. The number of nitrogens with one attached hydrogen (secondary N) is 1. The molecule has 2 aromatic carbocycles. The maximum Gasteiger partial charge on any atom is 0.284 e. The first-order valence-corrected chi connectivity index (χ1v) is 8.74. The van der Waals surface area contributed by atoms with Gasteiger partial charge in [0.05, 0.1) is 26.2 Å². The van der Waals surface area contributed by atoms with Crippen LogP contribution < -0.4 is 14.7 Å². The van der Waals surface area contributed by atoms with Crippen molar-refractivity contribution in [3.05, 3.63) is 60.4 Å². The van der Waals surface area contributed by atoms with Crippen molar-refractivity contribution in [1.82, 2.24) is 0 Å². The summed E-state index contributed by atoms with van der Waals surface area (Å²) in [5.41, 5.74) is 1.96. The molecular formula is C20H25FN3O+. The Morgan fingerprint density at radius 1 is 1.08 bits per heavy atom. The number of carbonyl (C=O) groups excluding carboxylic acids is 1. The number of carbonyl (C=O) groups is 1. The van der Waals surface area contributed by atoms with Crippen LogP contribution in [-0.2, 0) is 4.79 Å². The molecular weight excluding hydrogens is 317 g/mol. The van der Waals surface area contributed by atoms with Crippen molar-refractivity contribution in [3.8, 4) is 0 Å². The smallest absolute Gasteiger partial charge is 0.284 e. The summed E-state index contributed by atoms with van der Waals surface area (Å²) >= 11 is 0. The van der Waals surface area contributed by atoms with Crippen molar-refractivity contribution in [1.29, 1.82) is 0 Å². The summed E-state index contributed by atoms with van der Waals surface area (Å²) in [4.78, 5) is 18.1. The molecule has 2 aromatic rings. The predicted octanol–water partition coefficient (Wildman–Crippen LogP) is 1.58. The van der Waals surface area contributed by atoms with Crippen LogP contribution in [0.2, 0.25) is 0 Å². The Morgan fingerprint density at radius 2 is 1.68 bits per heavy atom. The van der Waals surface area contributed by atoms with Crippen LogP contribution in [-0.4, -0.2) is 45.2 Å². The Morgan fingerprint density at radius 3 is 2.28 bits per heavy atom. The minimum atomic E-state index is -0.212. The average molecular weight is 342 g/mol. The average Bonchev–Trinajstić information content (AvgIpc) is 2.67.